The molecule has 0 aromatic carbocycles. The Labute approximate surface area is 107 Å². The number of rotatable bonds is 5. The van der Waals surface area contributed by atoms with E-state index in [2.05, 4.69) is 9.88 Å². The zero-order chi connectivity index (χ0) is 12.8. The number of amides is 1. The van der Waals surface area contributed by atoms with Crippen molar-refractivity contribution in [2.24, 2.45) is 5.73 Å². The predicted octanol–water partition coefficient (Wildman–Crippen LogP) is 0.445. The van der Waals surface area contributed by atoms with Crippen molar-refractivity contribution < 1.29 is 9.53 Å². The third-order valence-electron chi connectivity index (χ3n) is 3.15. The van der Waals surface area contributed by atoms with Crippen molar-refractivity contribution in [1.29, 1.82) is 0 Å². The van der Waals surface area contributed by atoms with Crippen molar-refractivity contribution in [3.05, 3.63) is 29.6 Å². The second kappa shape index (κ2) is 6.47. The minimum atomic E-state index is -0.399. The molecule has 0 radical (unpaired) electrons. The number of hydrogen-bond donors (Lipinski definition) is 1. The van der Waals surface area contributed by atoms with E-state index in [-0.39, 0.29) is 0 Å². The van der Waals surface area contributed by atoms with E-state index in [9.17, 15) is 4.79 Å². The number of carbonyl (C=O) groups excluding carboxylic acids is 1. The maximum Gasteiger partial charge on any atom is 0.250 e. The van der Waals surface area contributed by atoms with E-state index < -0.39 is 5.91 Å². The molecule has 98 valence electrons. The van der Waals surface area contributed by atoms with Crippen LogP contribution in [0.3, 0.4) is 0 Å². The summed E-state index contributed by atoms with van der Waals surface area (Å²) in [4.78, 5) is 17.9. The number of carbonyl (C=O) groups is 1. The largest absolute Gasteiger partial charge is 0.379 e. The van der Waals surface area contributed by atoms with E-state index in [0.717, 1.165) is 51.4 Å². The summed E-state index contributed by atoms with van der Waals surface area (Å²) in [6, 6.07) is 3.48. The third-order valence-corrected chi connectivity index (χ3v) is 3.15. The highest BCUT2D eigenvalue weighted by atomic mass is 16.5. The number of ether oxygens (including phenoxy) is 1. The lowest BCUT2D eigenvalue weighted by atomic mass is 10.1. The van der Waals surface area contributed by atoms with E-state index in [0.29, 0.717) is 5.56 Å². The average molecular weight is 249 g/mol. The lowest BCUT2D eigenvalue weighted by molar-refractivity contribution is 0.0374. The standard InChI is InChI=1S/C13H19N3O2/c14-13(17)11-3-1-5-15-12(11)4-2-6-16-7-9-18-10-8-16/h1,3,5H,2,4,6-10H2,(H2,14,17). The van der Waals surface area contributed by atoms with Gasteiger partial charge in [-0.1, -0.05) is 0 Å². The summed E-state index contributed by atoms with van der Waals surface area (Å²) in [5.41, 5.74) is 6.67. The Kier molecular flexibility index (Phi) is 4.66. The van der Waals surface area contributed by atoms with Gasteiger partial charge in [0.15, 0.2) is 0 Å². The Morgan fingerprint density at radius 1 is 1.44 bits per heavy atom. The maximum atomic E-state index is 11.2. The molecule has 1 aromatic heterocycles. The van der Waals surface area contributed by atoms with Crippen molar-refractivity contribution in [2.75, 3.05) is 32.8 Å². The normalized spacial score (nSPS) is 16.7. The van der Waals surface area contributed by atoms with Crippen LogP contribution >= 0.6 is 0 Å². The molecule has 0 saturated carbocycles. The minimum Gasteiger partial charge on any atom is -0.379 e. The van der Waals surface area contributed by atoms with Gasteiger partial charge in [-0.2, -0.15) is 0 Å². The number of primary amides is 1. The quantitative estimate of drug-likeness (QED) is 0.822. The summed E-state index contributed by atoms with van der Waals surface area (Å²) in [7, 11) is 0. The van der Waals surface area contributed by atoms with E-state index in [1.807, 2.05) is 0 Å². The molecule has 2 heterocycles. The second-order valence-electron chi connectivity index (χ2n) is 4.42. The van der Waals surface area contributed by atoms with E-state index >= 15 is 0 Å². The highest BCUT2D eigenvalue weighted by Gasteiger charge is 2.11. The van der Waals surface area contributed by atoms with Crippen molar-refractivity contribution in [3.8, 4) is 0 Å². The SMILES string of the molecule is NC(=O)c1cccnc1CCCN1CCOCC1. The van der Waals surface area contributed by atoms with Crippen LogP contribution in [0.1, 0.15) is 22.5 Å². The molecule has 1 aromatic rings. The number of pyridine rings is 1. The second-order valence-corrected chi connectivity index (χ2v) is 4.42. The maximum absolute atomic E-state index is 11.2. The molecule has 2 rings (SSSR count). The van der Waals surface area contributed by atoms with Gasteiger partial charge in [0.05, 0.1) is 24.5 Å². The zero-order valence-corrected chi connectivity index (χ0v) is 10.5. The molecule has 1 aliphatic heterocycles. The first-order valence-corrected chi connectivity index (χ1v) is 6.31. The summed E-state index contributed by atoms with van der Waals surface area (Å²) in [5, 5.41) is 0. The van der Waals surface area contributed by atoms with Gasteiger partial charge in [-0.25, -0.2) is 0 Å². The topological polar surface area (TPSA) is 68.5 Å². The van der Waals surface area contributed by atoms with Crippen molar-refractivity contribution >= 4 is 5.91 Å². The van der Waals surface area contributed by atoms with Crippen LogP contribution in [0.25, 0.3) is 0 Å². The first-order chi connectivity index (χ1) is 8.77. The summed E-state index contributed by atoms with van der Waals surface area (Å²) in [6.07, 6.45) is 3.48. The average Bonchev–Trinajstić information content (AvgIpc) is 2.40. The van der Waals surface area contributed by atoms with E-state index in [1.54, 1.807) is 18.3 Å². The summed E-state index contributed by atoms with van der Waals surface area (Å²) < 4.78 is 5.30. The van der Waals surface area contributed by atoms with Gasteiger partial charge >= 0.3 is 0 Å². The molecular weight excluding hydrogens is 230 g/mol. The van der Waals surface area contributed by atoms with Gasteiger partial charge in [0.2, 0.25) is 0 Å². The fraction of sp³-hybridized carbons (Fsp3) is 0.538. The van der Waals surface area contributed by atoms with Gasteiger partial charge < -0.3 is 10.5 Å². The molecule has 5 nitrogen and oxygen atoms in total. The van der Waals surface area contributed by atoms with Crippen LogP contribution in [0, 0.1) is 0 Å². The lowest BCUT2D eigenvalue weighted by Gasteiger charge is -2.26. The van der Waals surface area contributed by atoms with Crippen molar-refractivity contribution in [2.45, 2.75) is 12.8 Å². The van der Waals surface area contributed by atoms with Crippen LogP contribution in [-0.2, 0) is 11.2 Å². The molecule has 0 atom stereocenters. The number of aryl methyl sites for hydroxylation is 1. The molecule has 18 heavy (non-hydrogen) atoms. The highest BCUT2D eigenvalue weighted by molar-refractivity contribution is 5.93. The molecule has 5 heteroatoms. The summed E-state index contributed by atoms with van der Waals surface area (Å²) >= 11 is 0. The van der Waals surface area contributed by atoms with Gasteiger partial charge in [-0.05, 0) is 31.5 Å². The van der Waals surface area contributed by atoms with Gasteiger partial charge in [0, 0.05) is 19.3 Å². The molecule has 0 unspecified atom stereocenters. The monoisotopic (exact) mass is 249 g/mol. The minimum absolute atomic E-state index is 0.399. The lowest BCUT2D eigenvalue weighted by Crippen LogP contribution is -2.37. The Bertz CT molecular complexity index is 403. The molecule has 1 aliphatic rings. The number of nitrogens with two attached hydrogens (primary N) is 1. The van der Waals surface area contributed by atoms with Gasteiger partial charge in [0.25, 0.3) is 5.91 Å². The molecule has 0 aliphatic carbocycles. The molecule has 0 bridgehead atoms. The van der Waals surface area contributed by atoms with Crippen molar-refractivity contribution in [1.82, 2.24) is 9.88 Å². The molecule has 2 N–H and O–H groups in total. The number of aromatic nitrogens is 1. The third kappa shape index (κ3) is 3.51. The van der Waals surface area contributed by atoms with Gasteiger partial charge in [-0.15, -0.1) is 0 Å². The van der Waals surface area contributed by atoms with Crippen LogP contribution in [0.15, 0.2) is 18.3 Å². The molecule has 1 fully saturated rings. The fourth-order valence-electron chi connectivity index (χ4n) is 2.16. The Hall–Kier alpha value is -1.46. The van der Waals surface area contributed by atoms with E-state index in [4.69, 9.17) is 10.5 Å². The Balaban J connectivity index is 1.84. The zero-order valence-electron chi connectivity index (χ0n) is 10.5. The molecule has 1 saturated heterocycles. The fourth-order valence-corrected chi connectivity index (χ4v) is 2.16. The van der Waals surface area contributed by atoms with Crippen LogP contribution in [0.2, 0.25) is 0 Å². The molecule has 1 amide bonds. The number of morpholine rings is 1. The number of hydrogen-bond acceptors (Lipinski definition) is 4. The summed E-state index contributed by atoms with van der Waals surface area (Å²) in [5.74, 6) is -0.399. The first-order valence-electron chi connectivity index (χ1n) is 6.31. The van der Waals surface area contributed by atoms with E-state index in [1.165, 1.54) is 0 Å². The highest BCUT2D eigenvalue weighted by Crippen LogP contribution is 2.08. The number of nitrogens with zero attached hydrogens (tertiary/aromatic N) is 2. The van der Waals surface area contributed by atoms with Gasteiger partial charge in [0.1, 0.15) is 0 Å². The Morgan fingerprint density at radius 2 is 2.22 bits per heavy atom. The van der Waals surface area contributed by atoms with Crippen LogP contribution in [-0.4, -0.2) is 48.6 Å². The smallest absolute Gasteiger partial charge is 0.250 e. The molecular formula is C13H19N3O2. The molecule has 0 spiro atoms. The van der Waals surface area contributed by atoms with Crippen molar-refractivity contribution in [3.63, 3.8) is 0 Å². The predicted molar refractivity (Wildman–Crippen MR) is 68.3 cm³/mol. The van der Waals surface area contributed by atoms with Crippen LogP contribution < -0.4 is 5.73 Å². The van der Waals surface area contributed by atoms with Crippen LogP contribution in [0.5, 0.6) is 0 Å². The van der Waals surface area contributed by atoms with Crippen LogP contribution in [0.4, 0.5) is 0 Å². The summed E-state index contributed by atoms with van der Waals surface area (Å²) in [6.45, 7) is 4.63. The first kappa shape index (κ1) is 13.0. The Morgan fingerprint density at radius 3 is 2.94 bits per heavy atom. The van der Waals surface area contributed by atoms with Gasteiger partial charge in [-0.3, -0.25) is 14.7 Å².